The number of aliphatic carboxylic acids is 1. The van der Waals surface area contributed by atoms with Gasteiger partial charge in [0.1, 0.15) is 6.10 Å². The van der Waals surface area contributed by atoms with Crippen molar-refractivity contribution in [2.24, 2.45) is 0 Å². The monoisotopic (exact) mass is 667 g/mol. The lowest BCUT2D eigenvalue weighted by molar-refractivity contribution is -0.151. The van der Waals surface area contributed by atoms with E-state index in [2.05, 4.69) is 80.7 Å². The largest absolute Gasteiger partial charge is 0.481 e. The molecule has 4 nitrogen and oxygen atoms in total. The summed E-state index contributed by atoms with van der Waals surface area (Å²) in [6.45, 7) is 4.43. The summed E-state index contributed by atoms with van der Waals surface area (Å²) in [5.41, 5.74) is 0. The Balaban J connectivity index is 3.90. The van der Waals surface area contributed by atoms with Crippen LogP contribution in [0.2, 0.25) is 0 Å². The summed E-state index contributed by atoms with van der Waals surface area (Å²) in [5.74, 6) is -1.05. The van der Waals surface area contributed by atoms with Crippen molar-refractivity contribution in [1.82, 2.24) is 0 Å². The molecule has 0 aliphatic rings. The second kappa shape index (κ2) is 38.8. The van der Waals surface area contributed by atoms with Crippen molar-refractivity contribution in [2.75, 3.05) is 0 Å². The van der Waals surface area contributed by atoms with Gasteiger partial charge in [0.25, 0.3) is 0 Å². The molecule has 0 rings (SSSR count). The fourth-order valence-electron chi connectivity index (χ4n) is 5.55. The summed E-state index contributed by atoms with van der Waals surface area (Å²) in [6, 6.07) is 0. The van der Waals surface area contributed by atoms with Crippen molar-refractivity contribution in [3.05, 3.63) is 72.9 Å². The van der Waals surface area contributed by atoms with Crippen molar-refractivity contribution in [3.63, 3.8) is 0 Å². The first-order chi connectivity index (χ1) is 23.6. The van der Waals surface area contributed by atoms with E-state index in [1.54, 1.807) is 0 Å². The molecule has 0 fully saturated rings. The molecule has 0 heterocycles. The maximum Gasteiger partial charge on any atom is 0.306 e. The highest BCUT2D eigenvalue weighted by Gasteiger charge is 2.15. The van der Waals surface area contributed by atoms with Crippen molar-refractivity contribution in [1.29, 1.82) is 0 Å². The molecule has 0 saturated heterocycles. The van der Waals surface area contributed by atoms with Crippen LogP contribution in [0.25, 0.3) is 0 Å². The molecule has 0 aliphatic carbocycles. The number of esters is 1. The van der Waals surface area contributed by atoms with E-state index >= 15 is 0 Å². The van der Waals surface area contributed by atoms with Crippen LogP contribution in [0.5, 0.6) is 0 Å². The lowest BCUT2D eigenvalue weighted by atomic mass is 10.0. The molecule has 0 aromatic heterocycles. The Morgan fingerprint density at radius 1 is 0.479 bits per heavy atom. The summed E-state index contributed by atoms with van der Waals surface area (Å²) in [7, 11) is 0. The number of carbonyl (C=O) groups excluding carboxylic acids is 1. The Kier molecular flexibility index (Phi) is 36.7. The lowest BCUT2D eigenvalue weighted by Crippen LogP contribution is -2.19. The van der Waals surface area contributed by atoms with E-state index in [-0.39, 0.29) is 18.5 Å². The maximum atomic E-state index is 12.4. The number of unbranched alkanes of at least 4 members (excludes halogenated alkanes) is 15. The highest BCUT2D eigenvalue weighted by Crippen LogP contribution is 2.17. The molecule has 48 heavy (non-hydrogen) atoms. The van der Waals surface area contributed by atoms with Crippen LogP contribution < -0.4 is 0 Å². The average molecular weight is 667 g/mol. The third kappa shape index (κ3) is 37.8. The van der Waals surface area contributed by atoms with Crippen molar-refractivity contribution in [3.8, 4) is 0 Å². The third-order valence-electron chi connectivity index (χ3n) is 8.47. The number of hydrogen-bond acceptors (Lipinski definition) is 3. The minimum absolute atomic E-state index is 0.0456. The van der Waals surface area contributed by atoms with Gasteiger partial charge >= 0.3 is 11.9 Å². The number of hydrogen-bond donors (Lipinski definition) is 1. The molecule has 0 saturated carbocycles. The van der Waals surface area contributed by atoms with E-state index in [1.165, 1.54) is 89.9 Å². The zero-order valence-electron chi connectivity index (χ0n) is 31.3. The van der Waals surface area contributed by atoms with Gasteiger partial charge in [-0.3, -0.25) is 9.59 Å². The molecule has 0 aliphatic heterocycles. The van der Waals surface area contributed by atoms with Gasteiger partial charge in [0, 0.05) is 12.8 Å². The first kappa shape index (κ1) is 45.4. The standard InChI is InChI=1S/C44H74O4/c1-3-5-7-9-11-13-15-17-19-21-22-23-25-27-29-31-33-35-37-39-44(47)48-42(40-41-43(45)46)38-36-34-32-30-28-26-24-20-18-16-14-12-10-8-6-4-2/h5,7,11,13,17,19,22-23,27,29,33,35,42H,3-4,6,8-10,12,14-16,18,20-21,24-26,28,30-32,34,36-41H2,1-2H3,(H,45,46)/b7-5-,13-11-,19-17-,23-22-,29-27-,35-33-. The van der Waals surface area contributed by atoms with Gasteiger partial charge in [-0.1, -0.05) is 183 Å². The summed E-state index contributed by atoms with van der Waals surface area (Å²) in [5, 5.41) is 9.12. The molecule has 0 aromatic rings. The average Bonchev–Trinajstić information content (AvgIpc) is 3.07. The smallest absolute Gasteiger partial charge is 0.306 e. The molecular weight excluding hydrogens is 592 g/mol. The van der Waals surface area contributed by atoms with Crippen molar-refractivity contribution in [2.45, 2.75) is 193 Å². The van der Waals surface area contributed by atoms with Gasteiger partial charge in [0.05, 0.1) is 0 Å². The second-order valence-corrected chi connectivity index (χ2v) is 13.1. The van der Waals surface area contributed by atoms with Crippen LogP contribution in [0.4, 0.5) is 0 Å². The summed E-state index contributed by atoms with van der Waals surface area (Å²) in [6.07, 6.45) is 55.0. The van der Waals surface area contributed by atoms with Gasteiger partial charge in [0.15, 0.2) is 0 Å². The van der Waals surface area contributed by atoms with Gasteiger partial charge in [-0.05, 0) is 64.2 Å². The van der Waals surface area contributed by atoms with Crippen LogP contribution in [-0.2, 0) is 14.3 Å². The van der Waals surface area contributed by atoms with Crippen LogP contribution in [0, 0.1) is 0 Å². The number of carboxylic acids is 1. The molecule has 1 atom stereocenters. The molecular formula is C44H74O4. The first-order valence-electron chi connectivity index (χ1n) is 19.9. The Labute approximate surface area is 297 Å². The third-order valence-corrected chi connectivity index (χ3v) is 8.47. The molecule has 0 bridgehead atoms. The number of carbonyl (C=O) groups is 2. The highest BCUT2D eigenvalue weighted by molar-refractivity contribution is 5.70. The van der Waals surface area contributed by atoms with E-state index < -0.39 is 5.97 Å². The van der Waals surface area contributed by atoms with Crippen LogP contribution in [-0.4, -0.2) is 23.1 Å². The molecule has 4 heteroatoms. The highest BCUT2D eigenvalue weighted by atomic mass is 16.5. The van der Waals surface area contributed by atoms with Gasteiger partial charge in [-0.15, -0.1) is 0 Å². The first-order valence-corrected chi connectivity index (χ1v) is 19.9. The Bertz CT molecular complexity index is 892. The predicted molar refractivity (Wildman–Crippen MR) is 208 cm³/mol. The molecule has 1 unspecified atom stereocenters. The summed E-state index contributed by atoms with van der Waals surface area (Å²) in [4.78, 5) is 23.5. The van der Waals surface area contributed by atoms with Crippen LogP contribution in [0.1, 0.15) is 187 Å². The predicted octanol–water partition coefficient (Wildman–Crippen LogP) is 13.9. The zero-order valence-corrected chi connectivity index (χ0v) is 31.3. The number of carboxylic acid groups (broad SMARTS) is 1. The van der Waals surface area contributed by atoms with Crippen LogP contribution in [0.3, 0.4) is 0 Å². The molecule has 0 radical (unpaired) electrons. The fraction of sp³-hybridized carbons (Fsp3) is 0.682. The van der Waals surface area contributed by atoms with E-state index in [4.69, 9.17) is 9.84 Å². The minimum Gasteiger partial charge on any atom is -0.481 e. The second-order valence-electron chi connectivity index (χ2n) is 13.1. The van der Waals surface area contributed by atoms with Gasteiger partial charge in [-0.2, -0.15) is 0 Å². The summed E-state index contributed by atoms with van der Waals surface area (Å²) >= 11 is 0. The van der Waals surface area contributed by atoms with E-state index in [9.17, 15) is 9.59 Å². The minimum atomic E-state index is -0.832. The zero-order chi connectivity index (χ0) is 35.0. The van der Waals surface area contributed by atoms with Gasteiger partial charge in [0.2, 0.25) is 0 Å². The van der Waals surface area contributed by atoms with E-state index in [0.717, 1.165) is 57.8 Å². The fourth-order valence-corrected chi connectivity index (χ4v) is 5.55. The Morgan fingerprint density at radius 2 is 0.854 bits per heavy atom. The number of allylic oxidation sites excluding steroid dienone is 12. The Hall–Kier alpha value is -2.62. The van der Waals surface area contributed by atoms with Crippen LogP contribution in [0.15, 0.2) is 72.9 Å². The topological polar surface area (TPSA) is 63.6 Å². The van der Waals surface area contributed by atoms with E-state index in [1.807, 2.05) is 6.08 Å². The number of rotatable bonds is 35. The molecule has 0 amide bonds. The van der Waals surface area contributed by atoms with Crippen molar-refractivity contribution < 1.29 is 19.4 Å². The van der Waals surface area contributed by atoms with Crippen LogP contribution >= 0.6 is 0 Å². The molecule has 0 spiro atoms. The maximum absolute atomic E-state index is 12.4. The van der Waals surface area contributed by atoms with Gasteiger partial charge < -0.3 is 9.84 Å². The lowest BCUT2D eigenvalue weighted by Gasteiger charge is -2.17. The normalized spacial score (nSPS) is 13.0. The quantitative estimate of drug-likeness (QED) is 0.0415. The number of ether oxygens (including phenoxy) is 1. The Morgan fingerprint density at radius 3 is 1.25 bits per heavy atom. The SMILES string of the molecule is CC/C=C\C/C=C\C/C=C\C/C=C\C/C=C\C/C=C\CCC(=O)OC(CCCCCCCCCCCCCCCCCC)CCC(=O)O. The van der Waals surface area contributed by atoms with Gasteiger partial charge in [-0.25, -0.2) is 0 Å². The molecule has 1 N–H and O–H groups in total. The van der Waals surface area contributed by atoms with E-state index in [0.29, 0.717) is 19.3 Å². The van der Waals surface area contributed by atoms with Crippen molar-refractivity contribution >= 4 is 11.9 Å². The summed E-state index contributed by atoms with van der Waals surface area (Å²) < 4.78 is 5.69. The molecule has 0 aromatic carbocycles. The molecule has 274 valence electrons.